The molecule has 0 unspecified atom stereocenters. The number of hydrogen-bond acceptors (Lipinski definition) is 3. The van der Waals surface area contributed by atoms with E-state index in [4.69, 9.17) is 9.47 Å². The van der Waals surface area contributed by atoms with Gasteiger partial charge in [0.15, 0.2) is 0 Å². The SMILES string of the molecule is CCCCCCC#CCOCc1cccc(CCC(=O)OCC)c1. The first kappa shape index (κ1) is 20.3. The molecule has 0 saturated heterocycles. The van der Waals surface area contributed by atoms with Gasteiger partial charge in [-0.15, -0.1) is 5.92 Å². The fourth-order valence-corrected chi connectivity index (χ4v) is 2.35. The number of esters is 1. The first-order valence-corrected chi connectivity index (χ1v) is 9.03. The number of carbonyl (C=O) groups is 1. The molecule has 3 nitrogen and oxygen atoms in total. The molecule has 1 aromatic carbocycles. The van der Waals surface area contributed by atoms with Crippen LogP contribution in [-0.2, 0) is 27.3 Å². The smallest absolute Gasteiger partial charge is 0.306 e. The summed E-state index contributed by atoms with van der Waals surface area (Å²) in [6.45, 7) is 5.50. The molecule has 24 heavy (non-hydrogen) atoms. The zero-order chi connectivity index (χ0) is 17.5. The summed E-state index contributed by atoms with van der Waals surface area (Å²) in [5.41, 5.74) is 2.24. The van der Waals surface area contributed by atoms with Crippen molar-refractivity contribution in [3.8, 4) is 11.8 Å². The quantitative estimate of drug-likeness (QED) is 0.336. The van der Waals surface area contributed by atoms with E-state index in [1.54, 1.807) is 0 Å². The van der Waals surface area contributed by atoms with Gasteiger partial charge in [0.1, 0.15) is 6.61 Å². The second kappa shape index (κ2) is 13.6. The molecule has 0 N–H and O–H groups in total. The van der Waals surface area contributed by atoms with Gasteiger partial charge < -0.3 is 9.47 Å². The lowest BCUT2D eigenvalue weighted by Gasteiger charge is -2.05. The first-order chi connectivity index (χ1) is 11.8. The molecule has 0 atom stereocenters. The van der Waals surface area contributed by atoms with Crippen LogP contribution in [0.1, 0.15) is 63.5 Å². The zero-order valence-electron chi connectivity index (χ0n) is 15.1. The topological polar surface area (TPSA) is 35.5 Å². The fourth-order valence-electron chi connectivity index (χ4n) is 2.35. The van der Waals surface area contributed by atoms with E-state index in [9.17, 15) is 4.79 Å². The molecule has 0 heterocycles. The summed E-state index contributed by atoms with van der Waals surface area (Å²) in [4.78, 5) is 11.4. The molecular formula is C21H30O3. The minimum atomic E-state index is -0.145. The van der Waals surface area contributed by atoms with E-state index in [2.05, 4.69) is 24.8 Å². The Labute approximate surface area is 146 Å². The Kier molecular flexibility index (Phi) is 11.5. The second-order valence-electron chi connectivity index (χ2n) is 5.78. The van der Waals surface area contributed by atoms with Crippen LogP contribution in [0.3, 0.4) is 0 Å². The highest BCUT2D eigenvalue weighted by atomic mass is 16.5. The van der Waals surface area contributed by atoms with Crippen molar-refractivity contribution in [2.45, 2.75) is 65.4 Å². The van der Waals surface area contributed by atoms with Crippen LogP contribution in [0.25, 0.3) is 0 Å². The lowest BCUT2D eigenvalue weighted by atomic mass is 10.1. The number of ether oxygens (including phenoxy) is 2. The zero-order valence-corrected chi connectivity index (χ0v) is 15.1. The molecule has 0 bridgehead atoms. The van der Waals surface area contributed by atoms with E-state index < -0.39 is 0 Å². The standard InChI is InChI=1S/C21H30O3/c1-3-5-6-7-8-9-10-16-23-18-20-13-11-12-19(17-20)14-15-21(22)24-4-2/h11-13,17H,3-8,14-16,18H2,1-2H3. The Morgan fingerprint density at radius 1 is 1.08 bits per heavy atom. The first-order valence-electron chi connectivity index (χ1n) is 9.03. The molecule has 0 saturated carbocycles. The molecule has 0 radical (unpaired) electrons. The fraction of sp³-hybridized carbons (Fsp3) is 0.571. The molecular weight excluding hydrogens is 300 g/mol. The molecule has 0 amide bonds. The van der Waals surface area contributed by atoms with Crippen molar-refractivity contribution in [3.63, 3.8) is 0 Å². The van der Waals surface area contributed by atoms with Crippen molar-refractivity contribution in [2.24, 2.45) is 0 Å². The van der Waals surface area contributed by atoms with Crippen molar-refractivity contribution < 1.29 is 14.3 Å². The van der Waals surface area contributed by atoms with Crippen LogP contribution in [-0.4, -0.2) is 19.2 Å². The van der Waals surface area contributed by atoms with Gasteiger partial charge in [0.25, 0.3) is 0 Å². The maximum Gasteiger partial charge on any atom is 0.306 e. The summed E-state index contributed by atoms with van der Waals surface area (Å²) in [5.74, 6) is 6.08. The van der Waals surface area contributed by atoms with E-state index in [0.29, 0.717) is 32.7 Å². The summed E-state index contributed by atoms with van der Waals surface area (Å²) >= 11 is 0. The monoisotopic (exact) mass is 330 g/mol. The van der Waals surface area contributed by atoms with E-state index >= 15 is 0 Å². The second-order valence-corrected chi connectivity index (χ2v) is 5.78. The molecule has 0 aliphatic heterocycles. The molecule has 132 valence electrons. The predicted octanol–water partition coefficient (Wildman–Crippen LogP) is 4.67. The molecule has 0 aromatic heterocycles. The average molecular weight is 330 g/mol. The molecule has 1 rings (SSSR count). The summed E-state index contributed by atoms with van der Waals surface area (Å²) < 4.78 is 10.5. The normalized spacial score (nSPS) is 10.1. The van der Waals surface area contributed by atoms with Crippen LogP contribution in [0.5, 0.6) is 0 Å². The molecule has 0 spiro atoms. The van der Waals surface area contributed by atoms with Crippen LogP contribution in [0.4, 0.5) is 0 Å². The van der Waals surface area contributed by atoms with Crippen LogP contribution in [0.15, 0.2) is 24.3 Å². The van der Waals surface area contributed by atoms with E-state index in [1.807, 2.05) is 25.1 Å². The van der Waals surface area contributed by atoms with Crippen LogP contribution in [0, 0.1) is 11.8 Å². The van der Waals surface area contributed by atoms with E-state index in [1.165, 1.54) is 25.7 Å². The van der Waals surface area contributed by atoms with Crippen LogP contribution >= 0.6 is 0 Å². The van der Waals surface area contributed by atoms with Gasteiger partial charge >= 0.3 is 5.97 Å². The highest BCUT2D eigenvalue weighted by Crippen LogP contribution is 2.09. The molecule has 0 aliphatic carbocycles. The average Bonchev–Trinajstić information content (AvgIpc) is 2.59. The van der Waals surface area contributed by atoms with Crippen molar-refractivity contribution in [1.29, 1.82) is 0 Å². The molecule has 1 aromatic rings. The Morgan fingerprint density at radius 3 is 2.71 bits per heavy atom. The third-order valence-corrected chi connectivity index (χ3v) is 3.64. The number of carbonyl (C=O) groups excluding carboxylic acids is 1. The van der Waals surface area contributed by atoms with Gasteiger partial charge in [-0.2, -0.15) is 0 Å². The summed E-state index contributed by atoms with van der Waals surface area (Å²) in [6, 6.07) is 8.14. The summed E-state index contributed by atoms with van der Waals surface area (Å²) in [7, 11) is 0. The predicted molar refractivity (Wildman–Crippen MR) is 97.6 cm³/mol. The highest BCUT2D eigenvalue weighted by molar-refractivity contribution is 5.69. The third-order valence-electron chi connectivity index (χ3n) is 3.64. The Hall–Kier alpha value is -1.79. The van der Waals surface area contributed by atoms with E-state index in [0.717, 1.165) is 17.5 Å². The molecule has 0 fully saturated rings. The number of rotatable bonds is 11. The Balaban J connectivity index is 2.22. The summed E-state index contributed by atoms with van der Waals surface area (Å²) in [5, 5.41) is 0. The van der Waals surface area contributed by atoms with Crippen molar-refractivity contribution in [2.75, 3.05) is 13.2 Å². The minimum Gasteiger partial charge on any atom is -0.466 e. The van der Waals surface area contributed by atoms with Gasteiger partial charge in [0.05, 0.1) is 13.2 Å². The van der Waals surface area contributed by atoms with E-state index in [-0.39, 0.29) is 5.97 Å². The number of hydrogen-bond donors (Lipinski definition) is 0. The van der Waals surface area contributed by atoms with Gasteiger partial charge in [-0.3, -0.25) is 4.79 Å². The number of benzene rings is 1. The maximum atomic E-state index is 11.4. The van der Waals surface area contributed by atoms with Crippen LogP contribution < -0.4 is 0 Å². The molecule has 3 heteroatoms. The van der Waals surface area contributed by atoms with Crippen molar-refractivity contribution >= 4 is 5.97 Å². The third kappa shape index (κ3) is 10.1. The maximum absolute atomic E-state index is 11.4. The lowest BCUT2D eigenvalue weighted by Crippen LogP contribution is -2.05. The summed E-state index contributed by atoms with van der Waals surface area (Å²) in [6.07, 6.45) is 7.09. The van der Waals surface area contributed by atoms with Gasteiger partial charge in [-0.05, 0) is 30.9 Å². The van der Waals surface area contributed by atoms with Gasteiger partial charge in [0.2, 0.25) is 0 Å². The van der Waals surface area contributed by atoms with Crippen molar-refractivity contribution in [1.82, 2.24) is 0 Å². The van der Waals surface area contributed by atoms with Gasteiger partial charge in [-0.1, -0.05) is 56.4 Å². The van der Waals surface area contributed by atoms with Gasteiger partial charge in [0, 0.05) is 12.8 Å². The highest BCUT2D eigenvalue weighted by Gasteiger charge is 2.03. The van der Waals surface area contributed by atoms with Crippen LogP contribution in [0.2, 0.25) is 0 Å². The van der Waals surface area contributed by atoms with Gasteiger partial charge in [-0.25, -0.2) is 0 Å². The number of aryl methyl sites for hydroxylation is 1. The van der Waals surface area contributed by atoms with Crippen molar-refractivity contribution in [3.05, 3.63) is 35.4 Å². The minimum absolute atomic E-state index is 0.145. The largest absolute Gasteiger partial charge is 0.466 e. The molecule has 0 aliphatic rings. The Morgan fingerprint density at radius 2 is 1.92 bits per heavy atom. The lowest BCUT2D eigenvalue weighted by molar-refractivity contribution is -0.143. The Bertz CT molecular complexity index is 525. The number of unbranched alkanes of at least 4 members (excludes halogenated alkanes) is 4.